The molecule has 102 valence electrons. The normalized spacial score (nSPS) is 11.7. The van der Waals surface area contributed by atoms with Crippen molar-refractivity contribution < 1.29 is 19.5 Å². The Morgan fingerprint density at radius 3 is 2.26 bits per heavy atom. The smallest absolute Gasteiger partial charge is 0.326 e. The van der Waals surface area contributed by atoms with E-state index in [0.29, 0.717) is 0 Å². The largest absolute Gasteiger partial charge is 0.480 e. The minimum atomic E-state index is -1.42. The molecule has 1 heterocycles. The van der Waals surface area contributed by atoms with Crippen LogP contribution < -0.4 is 11.1 Å². The number of aromatic nitrogens is 1. The summed E-state index contributed by atoms with van der Waals surface area (Å²) in [7, 11) is 0. The fourth-order valence-electron chi connectivity index (χ4n) is 1.24. The maximum absolute atomic E-state index is 11.8. The molecule has 0 unspecified atom stereocenters. The van der Waals surface area contributed by atoms with E-state index in [9.17, 15) is 14.4 Å². The lowest BCUT2D eigenvalue weighted by Crippen LogP contribution is -2.43. The van der Waals surface area contributed by atoms with Crippen LogP contribution in [0.4, 0.5) is 0 Å². The Kier molecular flexibility index (Phi) is 5.08. The molecule has 0 aliphatic heterocycles. The maximum atomic E-state index is 11.8. The number of nitrogens with one attached hydrogen (secondary N) is 1. The molecule has 2 amide bonds. The highest BCUT2D eigenvalue weighted by Gasteiger charge is 2.23. The molecule has 0 aromatic carbocycles. The lowest BCUT2D eigenvalue weighted by Gasteiger charge is -2.12. The number of halogens is 2. The number of carboxylic acid groups (broad SMARTS) is 1. The van der Waals surface area contributed by atoms with E-state index < -0.39 is 30.2 Å². The summed E-state index contributed by atoms with van der Waals surface area (Å²) in [5, 5.41) is 10.9. The van der Waals surface area contributed by atoms with Crippen molar-refractivity contribution in [2.75, 3.05) is 0 Å². The molecule has 0 bridgehead atoms. The van der Waals surface area contributed by atoms with Gasteiger partial charge in [0.15, 0.2) is 0 Å². The molecule has 0 aliphatic carbocycles. The Balaban J connectivity index is 2.87. The van der Waals surface area contributed by atoms with Crippen molar-refractivity contribution in [1.82, 2.24) is 10.3 Å². The molecule has 7 nitrogen and oxygen atoms in total. The van der Waals surface area contributed by atoms with Gasteiger partial charge in [0.2, 0.25) is 5.91 Å². The first-order chi connectivity index (χ1) is 8.79. The molecule has 1 atom stereocenters. The fourth-order valence-corrected chi connectivity index (χ4v) is 1.70. The summed E-state index contributed by atoms with van der Waals surface area (Å²) in [5.41, 5.74) is 4.92. The molecule has 0 fully saturated rings. The van der Waals surface area contributed by atoms with E-state index >= 15 is 0 Å². The molecule has 1 rings (SSSR count). The number of amides is 2. The summed E-state index contributed by atoms with van der Waals surface area (Å²) < 4.78 is 0. The summed E-state index contributed by atoms with van der Waals surface area (Å²) in [6, 6.07) is 1.01. The van der Waals surface area contributed by atoms with E-state index in [1.54, 1.807) is 0 Å². The highest BCUT2D eigenvalue weighted by molar-refractivity contribution is 6.33. The first-order valence-electron chi connectivity index (χ1n) is 4.94. The minimum absolute atomic E-state index is 0.0144. The van der Waals surface area contributed by atoms with Crippen LogP contribution in [0.5, 0.6) is 0 Å². The minimum Gasteiger partial charge on any atom is -0.480 e. The van der Waals surface area contributed by atoms with Crippen molar-refractivity contribution in [2.24, 2.45) is 5.73 Å². The van der Waals surface area contributed by atoms with Crippen molar-refractivity contribution in [3.63, 3.8) is 0 Å². The van der Waals surface area contributed by atoms with Gasteiger partial charge < -0.3 is 16.2 Å². The van der Waals surface area contributed by atoms with Crippen LogP contribution in [0.25, 0.3) is 0 Å². The molecule has 1 aromatic heterocycles. The van der Waals surface area contributed by atoms with Crippen LogP contribution in [-0.4, -0.2) is 33.9 Å². The van der Waals surface area contributed by atoms with Crippen molar-refractivity contribution >= 4 is 41.0 Å². The van der Waals surface area contributed by atoms with Gasteiger partial charge in [0, 0.05) is 5.56 Å². The van der Waals surface area contributed by atoms with Crippen molar-refractivity contribution in [2.45, 2.75) is 12.5 Å². The third-order valence-electron chi connectivity index (χ3n) is 2.03. The quantitative estimate of drug-likeness (QED) is 0.681. The van der Waals surface area contributed by atoms with Crippen LogP contribution >= 0.6 is 23.2 Å². The second-order valence-corrected chi connectivity index (χ2v) is 4.31. The first-order valence-corrected chi connectivity index (χ1v) is 5.70. The van der Waals surface area contributed by atoms with Crippen LogP contribution in [0, 0.1) is 0 Å². The van der Waals surface area contributed by atoms with E-state index in [2.05, 4.69) is 10.3 Å². The Hall–Kier alpha value is -1.86. The van der Waals surface area contributed by atoms with Gasteiger partial charge in [-0.25, -0.2) is 9.78 Å². The number of nitrogens with zero attached hydrogens (tertiary/aromatic N) is 1. The van der Waals surface area contributed by atoms with E-state index in [4.69, 9.17) is 34.0 Å². The number of hydrogen-bond acceptors (Lipinski definition) is 4. The highest BCUT2D eigenvalue weighted by atomic mass is 35.5. The number of carbonyl (C=O) groups excluding carboxylic acids is 2. The van der Waals surface area contributed by atoms with Crippen LogP contribution in [0.3, 0.4) is 0 Å². The lowest BCUT2D eigenvalue weighted by atomic mass is 10.1. The standard InChI is InChI=1S/C10H9Cl2N3O4/c11-6-1-4(2-7(12)15-6)9(17)14-5(10(18)19)3-8(13)16/h1-2,5H,3H2,(H2,13,16)(H,14,17)(H,18,19)/t5-/m0/s1. The molecule has 0 aliphatic rings. The SMILES string of the molecule is NC(=O)C[C@H](NC(=O)c1cc(Cl)nc(Cl)c1)C(=O)O. The topological polar surface area (TPSA) is 122 Å². The number of pyridine rings is 1. The summed E-state index contributed by atoms with van der Waals surface area (Å²) >= 11 is 11.2. The Bertz CT molecular complexity index is 515. The van der Waals surface area contributed by atoms with Crippen LogP contribution in [0.1, 0.15) is 16.8 Å². The molecule has 19 heavy (non-hydrogen) atoms. The summed E-state index contributed by atoms with van der Waals surface area (Å²) in [5.74, 6) is -2.98. The number of aliphatic carboxylic acids is 1. The molecule has 0 saturated carbocycles. The summed E-state index contributed by atoms with van der Waals surface area (Å²) in [6.07, 6.45) is -0.520. The molecule has 0 radical (unpaired) electrons. The van der Waals surface area contributed by atoms with Gasteiger partial charge in [-0.15, -0.1) is 0 Å². The average Bonchev–Trinajstić information content (AvgIpc) is 2.25. The summed E-state index contributed by atoms with van der Waals surface area (Å²) in [4.78, 5) is 37.0. The van der Waals surface area contributed by atoms with Crippen LogP contribution in [0.15, 0.2) is 12.1 Å². The first kappa shape index (κ1) is 15.2. The molecule has 4 N–H and O–H groups in total. The van der Waals surface area contributed by atoms with Gasteiger partial charge in [-0.1, -0.05) is 23.2 Å². The summed E-state index contributed by atoms with van der Waals surface area (Å²) in [6.45, 7) is 0. The zero-order chi connectivity index (χ0) is 14.6. The van der Waals surface area contributed by atoms with Gasteiger partial charge in [0.25, 0.3) is 5.91 Å². The maximum Gasteiger partial charge on any atom is 0.326 e. The number of hydrogen-bond donors (Lipinski definition) is 3. The third kappa shape index (κ3) is 4.72. The molecule has 0 spiro atoms. The average molecular weight is 306 g/mol. The monoisotopic (exact) mass is 305 g/mol. The van der Waals surface area contributed by atoms with Crippen LogP contribution in [0.2, 0.25) is 10.3 Å². The zero-order valence-corrected chi connectivity index (χ0v) is 10.9. The van der Waals surface area contributed by atoms with E-state index in [1.165, 1.54) is 12.1 Å². The second-order valence-electron chi connectivity index (χ2n) is 3.54. The van der Waals surface area contributed by atoms with Gasteiger partial charge in [-0.3, -0.25) is 9.59 Å². The zero-order valence-electron chi connectivity index (χ0n) is 9.39. The molecule has 0 saturated heterocycles. The number of carboxylic acids is 1. The van der Waals surface area contributed by atoms with Gasteiger partial charge in [0.05, 0.1) is 6.42 Å². The van der Waals surface area contributed by atoms with E-state index in [-0.39, 0.29) is 15.9 Å². The van der Waals surface area contributed by atoms with Gasteiger partial charge >= 0.3 is 5.97 Å². The van der Waals surface area contributed by atoms with Crippen molar-refractivity contribution in [3.05, 3.63) is 28.0 Å². The molecule has 9 heteroatoms. The second kappa shape index (κ2) is 6.35. The Morgan fingerprint density at radius 2 is 1.84 bits per heavy atom. The van der Waals surface area contributed by atoms with Crippen LogP contribution in [-0.2, 0) is 9.59 Å². The Labute approximate surface area is 117 Å². The molecular weight excluding hydrogens is 297 g/mol. The fraction of sp³-hybridized carbons (Fsp3) is 0.200. The number of primary amides is 1. The predicted octanol–water partition coefficient (Wildman–Crippen LogP) is 0.447. The van der Waals surface area contributed by atoms with Gasteiger partial charge in [-0.2, -0.15) is 0 Å². The Morgan fingerprint density at radius 1 is 1.32 bits per heavy atom. The van der Waals surface area contributed by atoms with Crippen molar-refractivity contribution in [3.8, 4) is 0 Å². The lowest BCUT2D eigenvalue weighted by molar-refractivity contribution is -0.140. The third-order valence-corrected chi connectivity index (χ3v) is 2.42. The van der Waals surface area contributed by atoms with Crippen molar-refractivity contribution in [1.29, 1.82) is 0 Å². The number of nitrogens with two attached hydrogens (primary N) is 1. The predicted molar refractivity (Wildman–Crippen MR) is 67.0 cm³/mol. The van der Waals surface area contributed by atoms with E-state index in [0.717, 1.165) is 0 Å². The van der Waals surface area contributed by atoms with E-state index in [1.807, 2.05) is 0 Å². The van der Waals surface area contributed by atoms with Gasteiger partial charge in [-0.05, 0) is 12.1 Å². The molecule has 1 aromatic rings. The molecular formula is C10H9Cl2N3O4. The number of carbonyl (C=O) groups is 3. The highest BCUT2D eigenvalue weighted by Crippen LogP contribution is 2.14. The van der Waals surface area contributed by atoms with Gasteiger partial charge in [0.1, 0.15) is 16.3 Å². The number of rotatable bonds is 5.